The number of aryl methyl sites for hydroxylation is 2. The second-order valence-electron chi connectivity index (χ2n) is 4.90. The van der Waals surface area contributed by atoms with Gasteiger partial charge in [-0.1, -0.05) is 43.7 Å². The van der Waals surface area contributed by atoms with E-state index in [1.807, 2.05) is 0 Å². The van der Waals surface area contributed by atoms with Gasteiger partial charge in [0.1, 0.15) is 0 Å². The third-order valence-electron chi connectivity index (χ3n) is 3.46. The number of anilines is 2. The van der Waals surface area contributed by atoms with Crippen LogP contribution in [0.2, 0.25) is 0 Å². The summed E-state index contributed by atoms with van der Waals surface area (Å²) in [7, 11) is 2.07. The Morgan fingerprint density at radius 2 is 1.90 bits per heavy atom. The standard InChI is InChI=1S/C16H23N3S/c1-4-6-14-15(11-17)20-16(18-14)19(3)13-9-7-12(5-2)8-10-13/h7-10H,4-6,11,17H2,1-3H3. The number of aromatic nitrogens is 1. The summed E-state index contributed by atoms with van der Waals surface area (Å²) >= 11 is 1.70. The normalized spacial score (nSPS) is 10.8. The summed E-state index contributed by atoms with van der Waals surface area (Å²) in [5.41, 5.74) is 9.51. The van der Waals surface area contributed by atoms with E-state index in [1.54, 1.807) is 11.3 Å². The highest BCUT2D eigenvalue weighted by atomic mass is 32.1. The van der Waals surface area contributed by atoms with Crippen molar-refractivity contribution in [2.24, 2.45) is 5.73 Å². The molecule has 3 nitrogen and oxygen atoms in total. The molecule has 0 saturated carbocycles. The monoisotopic (exact) mass is 289 g/mol. The molecule has 0 aliphatic rings. The highest BCUT2D eigenvalue weighted by molar-refractivity contribution is 7.15. The SMILES string of the molecule is CCCc1nc(N(C)c2ccc(CC)cc2)sc1CN. The predicted octanol–water partition coefficient (Wildman–Crippen LogP) is 3.88. The number of hydrogen-bond acceptors (Lipinski definition) is 4. The van der Waals surface area contributed by atoms with Crippen LogP contribution in [0.15, 0.2) is 24.3 Å². The molecule has 20 heavy (non-hydrogen) atoms. The van der Waals surface area contributed by atoms with Crippen LogP contribution in [0.3, 0.4) is 0 Å². The molecule has 0 aliphatic heterocycles. The number of hydrogen-bond donors (Lipinski definition) is 1. The lowest BCUT2D eigenvalue weighted by Gasteiger charge is -2.16. The lowest BCUT2D eigenvalue weighted by molar-refractivity contribution is 0.869. The third-order valence-corrected chi connectivity index (χ3v) is 4.65. The van der Waals surface area contributed by atoms with Crippen molar-refractivity contribution in [3.8, 4) is 0 Å². The second kappa shape index (κ2) is 6.86. The van der Waals surface area contributed by atoms with Gasteiger partial charge in [0, 0.05) is 24.2 Å². The zero-order chi connectivity index (χ0) is 14.5. The minimum absolute atomic E-state index is 0.579. The second-order valence-corrected chi connectivity index (χ2v) is 5.96. The average Bonchev–Trinajstić information content (AvgIpc) is 2.90. The Labute approximate surface area is 125 Å². The fraction of sp³-hybridized carbons (Fsp3) is 0.438. The van der Waals surface area contributed by atoms with Crippen LogP contribution in [-0.2, 0) is 19.4 Å². The number of benzene rings is 1. The zero-order valence-electron chi connectivity index (χ0n) is 12.5. The highest BCUT2D eigenvalue weighted by Gasteiger charge is 2.13. The van der Waals surface area contributed by atoms with Crippen LogP contribution >= 0.6 is 11.3 Å². The first-order valence-corrected chi connectivity index (χ1v) is 8.02. The smallest absolute Gasteiger partial charge is 0.190 e. The van der Waals surface area contributed by atoms with E-state index in [0.717, 1.165) is 30.1 Å². The maximum absolute atomic E-state index is 5.82. The van der Waals surface area contributed by atoms with Crippen LogP contribution in [0.1, 0.15) is 36.4 Å². The van der Waals surface area contributed by atoms with Crippen LogP contribution in [0.25, 0.3) is 0 Å². The van der Waals surface area contributed by atoms with Crippen molar-refractivity contribution in [1.29, 1.82) is 0 Å². The molecule has 1 heterocycles. The molecule has 0 radical (unpaired) electrons. The highest BCUT2D eigenvalue weighted by Crippen LogP contribution is 2.31. The molecule has 2 aromatic rings. The average molecular weight is 289 g/mol. The van der Waals surface area contributed by atoms with Crippen LogP contribution in [0.4, 0.5) is 10.8 Å². The molecule has 108 valence electrons. The Balaban J connectivity index is 2.25. The summed E-state index contributed by atoms with van der Waals surface area (Å²) in [5, 5.41) is 1.03. The Morgan fingerprint density at radius 1 is 1.20 bits per heavy atom. The van der Waals surface area contributed by atoms with E-state index in [9.17, 15) is 0 Å². The van der Waals surface area contributed by atoms with Crippen molar-refractivity contribution in [2.45, 2.75) is 39.7 Å². The number of rotatable bonds is 6. The number of thiazole rings is 1. The first-order valence-electron chi connectivity index (χ1n) is 7.20. The maximum atomic E-state index is 5.82. The van der Waals surface area contributed by atoms with Gasteiger partial charge < -0.3 is 10.6 Å². The maximum Gasteiger partial charge on any atom is 0.190 e. The van der Waals surface area contributed by atoms with E-state index in [0.29, 0.717) is 6.54 Å². The van der Waals surface area contributed by atoms with Gasteiger partial charge in [-0.05, 0) is 30.5 Å². The van der Waals surface area contributed by atoms with Crippen LogP contribution in [-0.4, -0.2) is 12.0 Å². The molecule has 0 saturated heterocycles. The van der Waals surface area contributed by atoms with Crippen molar-refractivity contribution < 1.29 is 0 Å². The molecular formula is C16H23N3S. The van der Waals surface area contributed by atoms with E-state index in [2.05, 4.69) is 50.1 Å². The third kappa shape index (κ3) is 3.19. The molecule has 1 aromatic carbocycles. The largest absolute Gasteiger partial charge is 0.326 e. The molecule has 0 amide bonds. The molecule has 0 aliphatic carbocycles. The van der Waals surface area contributed by atoms with E-state index in [4.69, 9.17) is 10.7 Å². The molecule has 0 unspecified atom stereocenters. The van der Waals surface area contributed by atoms with Crippen molar-refractivity contribution in [3.05, 3.63) is 40.4 Å². The number of nitrogens with zero attached hydrogens (tertiary/aromatic N) is 2. The molecule has 0 fully saturated rings. The Morgan fingerprint density at radius 3 is 2.45 bits per heavy atom. The quantitative estimate of drug-likeness (QED) is 0.877. The van der Waals surface area contributed by atoms with Gasteiger partial charge in [-0.15, -0.1) is 0 Å². The topological polar surface area (TPSA) is 42.2 Å². The van der Waals surface area contributed by atoms with Gasteiger partial charge in [-0.3, -0.25) is 0 Å². The van der Waals surface area contributed by atoms with Crippen LogP contribution < -0.4 is 10.6 Å². The molecule has 0 atom stereocenters. The van der Waals surface area contributed by atoms with Gasteiger partial charge in [0.15, 0.2) is 5.13 Å². The van der Waals surface area contributed by atoms with Gasteiger partial charge in [-0.2, -0.15) is 0 Å². The van der Waals surface area contributed by atoms with Crippen molar-refractivity contribution in [2.75, 3.05) is 11.9 Å². The number of nitrogens with two attached hydrogens (primary N) is 1. The molecule has 0 spiro atoms. The Kier molecular flexibility index (Phi) is 5.15. The summed E-state index contributed by atoms with van der Waals surface area (Å²) in [6, 6.07) is 8.66. The fourth-order valence-corrected chi connectivity index (χ4v) is 3.14. The minimum atomic E-state index is 0.579. The minimum Gasteiger partial charge on any atom is -0.326 e. The van der Waals surface area contributed by atoms with E-state index in [1.165, 1.54) is 16.1 Å². The van der Waals surface area contributed by atoms with Crippen molar-refractivity contribution in [3.63, 3.8) is 0 Å². The molecule has 2 rings (SSSR count). The van der Waals surface area contributed by atoms with Gasteiger partial charge in [0.05, 0.1) is 5.69 Å². The summed E-state index contributed by atoms with van der Waals surface area (Å²) in [6.07, 6.45) is 3.18. The van der Waals surface area contributed by atoms with Gasteiger partial charge in [0.2, 0.25) is 0 Å². The van der Waals surface area contributed by atoms with Gasteiger partial charge in [0.25, 0.3) is 0 Å². The van der Waals surface area contributed by atoms with Crippen molar-refractivity contribution >= 4 is 22.2 Å². The predicted molar refractivity (Wildman–Crippen MR) is 87.9 cm³/mol. The Bertz CT molecular complexity index is 545. The van der Waals surface area contributed by atoms with Crippen LogP contribution in [0.5, 0.6) is 0 Å². The summed E-state index contributed by atoms with van der Waals surface area (Å²) < 4.78 is 0. The first-order chi connectivity index (χ1) is 9.69. The van der Waals surface area contributed by atoms with Crippen molar-refractivity contribution in [1.82, 2.24) is 4.98 Å². The molecule has 2 N–H and O–H groups in total. The lowest BCUT2D eigenvalue weighted by atomic mass is 10.1. The van der Waals surface area contributed by atoms with Gasteiger partial charge in [-0.25, -0.2) is 4.98 Å². The molecular weight excluding hydrogens is 266 g/mol. The van der Waals surface area contributed by atoms with E-state index < -0.39 is 0 Å². The molecule has 1 aromatic heterocycles. The molecule has 4 heteroatoms. The van der Waals surface area contributed by atoms with E-state index in [-0.39, 0.29) is 0 Å². The van der Waals surface area contributed by atoms with Crippen LogP contribution in [0, 0.1) is 0 Å². The van der Waals surface area contributed by atoms with E-state index >= 15 is 0 Å². The zero-order valence-corrected chi connectivity index (χ0v) is 13.3. The Hall–Kier alpha value is -1.39. The van der Waals surface area contributed by atoms with Gasteiger partial charge >= 0.3 is 0 Å². The lowest BCUT2D eigenvalue weighted by Crippen LogP contribution is -2.09. The first kappa shape index (κ1) is 15.0. The summed E-state index contributed by atoms with van der Waals surface area (Å²) in [6.45, 7) is 4.92. The summed E-state index contributed by atoms with van der Waals surface area (Å²) in [4.78, 5) is 8.10. The summed E-state index contributed by atoms with van der Waals surface area (Å²) in [5.74, 6) is 0. The fourth-order valence-electron chi connectivity index (χ4n) is 2.17. The molecule has 0 bridgehead atoms.